The first kappa shape index (κ1) is 16.9. The Bertz CT molecular complexity index is 447. The maximum Gasteiger partial charge on any atom is 0.310 e. The van der Waals surface area contributed by atoms with Gasteiger partial charge < -0.3 is 9.84 Å². The van der Waals surface area contributed by atoms with Gasteiger partial charge in [0.05, 0.1) is 18.3 Å². The Labute approximate surface area is 118 Å². The van der Waals surface area contributed by atoms with E-state index < -0.39 is 33.1 Å². The molecule has 2 atom stereocenters. The number of carboxylic acid groups (broad SMARTS) is 1. The number of carboxylic acids is 1. The first-order valence-corrected chi connectivity index (χ1v) is 8.21. The van der Waals surface area contributed by atoms with Gasteiger partial charge in [-0.3, -0.25) is 9.59 Å². The lowest BCUT2D eigenvalue weighted by Gasteiger charge is -2.29. The van der Waals surface area contributed by atoms with Crippen LogP contribution in [-0.2, 0) is 24.3 Å². The van der Waals surface area contributed by atoms with Gasteiger partial charge in [0.15, 0.2) is 0 Å². The molecule has 20 heavy (non-hydrogen) atoms. The van der Waals surface area contributed by atoms with Crippen molar-refractivity contribution in [3.8, 4) is 0 Å². The SMILES string of the molecule is COC(=O)C1CCCCC1S(=O)(=O)NCCCC(=O)O. The van der Waals surface area contributed by atoms with Gasteiger partial charge in [-0.25, -0.2) is 13.1 Å². The van der Waals surface area contributed by atoms with E-state index in [0.29, 0.717) is 12.8 Å². The minimum atomic E-state index is -3.63. The van der Waals surface area contributed by atoms with Gasteiger partial charge in [0.2, 0.25) is 10.0 Å². The molecule has 1 rings (SSSR count). The fraction of sp³-hybridized carbons (Fsp3) is 0.833. The summed E-state index contributed by atoms with van der Waals surface area (Å²) in [5.74, 6) is -2.09. The highest BCUT2D eigenvalue weighted by Crippen LogP contribution is 2.30. The number of aliphatic carboxylic acids is 1. The molecule has 0 aromatic rings. The molecule has 0 spiro atoms. The molecule has 2 unspecified atom stereocenters. The van der Waals surface area contributed by atoms with Crippen LogP contribution >= 0.6 is 0 Å². The van der Waals surface area contributed by atoms with Crippen molar-refractivity contribution in [1.29, 1.82) is 0 Å². The van der Waals surface area contributed by atoms with Crippen molar-refractivity contribution in [1.82, 2.24) is 4.72 Å². The van der Waals surface area contributed by atoms with E-state index in [1.807, 2.05) is 0 Å². The summed E-state index contributed by atoms with van der Waals surface area (Å²) in [6.45, 7) is 0.0685. The van der Waals surface area contributed by atoms with Crippen LogP contribution in [0.4, 0.5) is 0 Å². The third-order valence-electron chi connectivity index (χ3n) is 3.48. The smallest absolute Gasteiger partial charge is 0.310 e. The summed E-state index contributed by atoms with van der Waals surface area (Å²) < 4.78 is 31.4. The van der Waals surface area contributed by atoms with Gasteiger partial charge in [-0.1, -0.05) is 12.8 Å². The number of sulfonamides is 1. The Morgan fingerprint density at radius 3 is 2.55 bits per heavy atom. The van der Waals surface area contributed by atoms with E-state index >= 15 is 0 Å². The van der Waals surface area contributed by atoms with Crippen LogP contribution < -0.4 is 4.72 Å². The second kappa shape index (κ2) is 7.58. The Morgan fingerprint density at radius 2 is 1.95 bits per heavy atom. The standard InChI is InChI=1S/C12H21NO6S/c1-19-12(16)9-5-2-3-6-10(9)20(17,18)13-8-4-7-11(14)15/h9-10,13H,2-8H2,1H3,(H,14,15). The number of rotatable bonds is 7. The van der Waals surface area contributed by atoms with E-state index in [4.69, 9.17) is 5.11 Å². The molecule has 0 saturated heterocycles. The van der Waals surface area contributed by atoms with E-state index in [0.717, 1.165) is 12.8 Å². The molecular weight excluding hydrogens is 286 g/mol. The molecule has 7 nitrogen and oxygen atoms in total. The number of methoxy groups -OCH3 is 1. The number of hydrogen-bond acceptors (Lipinski definition) is 5. The van der Waals surface area contributed by atoms with E-state index in [1.165, 1.54) is 7.11 Å². The maximum absolute atomic E-state index is 12.2. The van der Waals surface area contributed by atoms with E-state index in [1.54, 1.807) is 0 Å². The molecule has 0 bridgehead atoms. The minimum Gasteiger partial charge on any atom is -0.481 e. The Kier molecular flexibility index (Phi) is 6.41. The fourth-order valence-electron chi connectivity index (χ4n) is 2.45. The summed E-state index contributed by atoms with van der Waals surface area (Å²) in [5.41, 5.74) is 0. The molecule has 0 heterocycles. The second-order valence-electron chi connectivity index (χ2n) is 4.89. The van der Waals surface area contributed by atoms with Crippen LogP contribution in [0, 0.1) is 5.92 Å². The Balaban J connectivity index is 2.63. The van der Waals surface area contributed by atoms with Crippen LogP contribution in [0.15, 0.2) is 0 Å². The van der Waals surface area contributed by atoms with Crippen LogP contribution in [0.25, 0.3) is 0 Å². The lowest BCUT2D eigenvalue weighted by atomic mass is 9.89. The third-order valence-corrected chi connectivity index (χ3v) is 5.44. The average molecular weight is 307 g/mol. The predicted molar refractivity (Wildman–Crippen MR) is 71.6 cm³/mol. The second-order valence-corrected chi connectivity index (χ2v) is 6.87. The lowest BCUT2D eigenvalue weighted by molar-refractivity contribution is -0.146. The quantitative estimate of drug-likeness (QED) is 0.523. The average Bonchev–Trinajstić information content (AvgIpc) is 2.42. The zero-order valence-electron chi connectivity index (χ0n) is 11.5. The summed E-state index contributed by atoms with van der Waals surface area (Å²) in [6, 6.07) is 0. The van der Waals surface area contributed by atoms with Gasteiger partial charge in [0.25, 0.3) is 0 Å². The summed E-state index contributed by atoms with van der Waals surface area (Å²) in [4.78, 5) is 22.0. The van der Waals surface area contributed by atoms with Crippen molar-refractivity contribution in [2.24, 2.45) is 5.92 Å². The normalized spacial score (nSPS) is 23.2. The van der Waals surface area contributed by atoms with Crippen molar-refractivity contribution < 1.29 is 27.9 Å². The van der Waals surface area contributed by atoms with Crippen molar-refractivity contribution in [3.05, 3.63) is 0 Å². The molecule has 2 N–H and O–H groups in total. The van der Waals surface area contributed by atoms with Crippen LogP contribution in [0.3, 0.4) is 0 Å². The number of hydrogen-bond donors (Lipinski definition) is 2. The molecule has 0 radical (unpaired) electrons. The van der Waals surface area contributed by atoms with Crippen LogP contribution in [0.2, 0.25) is 0 Å². The largest absolute Gasteiger partial charge is 0.481 e. The van der Waals surface area contributed by atoms with Gasteiger partial charge >= 0.3 is 11.9 Å². The number of esters is 1. The van der Waals surface area contributed by atoms with Crippen LogP contribution in [-0.4, -0.2) is 44.4 Å². The minimum absolute atomic E-state index is 0.0685. The van der Waals surface area contributed by atoms with Gasteiger partial charge in [0, 0.05) is 13.0 Å². The monoisotopic (exact) mass is 307 g/mol. The van der Waals surface area contributed by atoms with Crippen molar-refractivity contribution in [2.75, 3.05) is 13.7 Å². The maximum atomic E-state index is 12.2. The molecule has 1 saturated carbocycles. The molecule has 1 aliphatic rings. The molecule has 1 aliphatic carbocycles. The van der Waals surface area contributed by atoms with Crippen LogP contribution in [0.5, 0.6) is 0 Å². The number of ether oxygens (including phenoxy) is 1. The first-order chi connectivity index (χ1) is 9.38. The van der Waals surface area contributed by atoms with Gasteiger partial charge in [-0.15, -0.1) is 0 Å². The molecule has 0 amide bonds. The molecule has 1 fully saturated rings. The van der Waals surface area contributed by atoms with E-state index in [-0.39, 0.29) is 19.4 Å². The Hall–Kier alpha value is -1.15. The van der Waals surface area contributed by atoms with Crippen molar-refractivity contribution in [3.63, 3.8) is 0 Å². The molecule has 0 aliphatic heterocycles. The zero-order chi connectivity index (χ0) is 15.2. The summed E-state index contributed by atoms with van der Waals surface area (Å²) in [5, 5.41) is 7.72. The molecular formula is C12H21NO6S. The highest BCUT2D eigenvalue weighted by Gasteiger charge is 2.39. The summed E-state index contributed by atoms with van der Waals surface area (Å²) in [6.07, 6.45) is 2.64. The fourth-order valence-corrected chi connectivity index (χ4v) is 4.25. The van der Waals surface area contributed by atoms with Gasteiger partial charge in [0.1, 0.15) is 0 Å². The van der Waals surface area contributed by atoms with Gasteiger partial charge in [-0.05, 0) is 19.3 Å². The zero-order valence-corrected chi connectivity index (χ0v) is 12.3. The highest BCUT2D eigenvalue weighted by atomic mass is 32.2. The van der Waals surface area contributed by atoms with Crippen LogP contribution in [0.1, 0.15) is 38.5 Å². The van der Waals surface area contributed by atoms with Crippen molar-refractivity contribution >= 4 is 22.0 Å². The topological polar surface area (TPSA) is 110 Å². The number of carbonyl (C=O) groups is 2. The predicted octanol–water partition coefficient (Wildman–Crippen LogP) is 0.502. The van der Waals surface area contributed by atoms with Crippen molar-refractivity contribution in [2.45, 2.75) is 43.8 Å². The van der Waals surface area contributed by atoms with E-state index in [9.17, 15) is 18.0 Å². The Morgan fingerprint density at radius 1 is 1.30 bits per heavy atom. The summed E-state index contributed by atoms with van der Waals surface area (Å²) >= 11 is 0. The van der Waals surface area contributed by atoms with Gasteiger partial charge in [-0.2, -0.15) is 0 Å². The number of carbonyl (C=O) groups excluding carboxylic acids is 1. The number of nitrogens with one attached hydrogen (secondary N) is 1. The third kappa shape index (κ3) is 4.75. The molecule has 116 valence electrons. The first-order valence-electron chi connectivity index (χ1n) is 6.66. The molecule has 0 aromatic carbocycles. The summed E-state index contributed by atoms with van der Waals surface area (Å²) in [7, 11) is -2.38. The highest BCUT2D eigenvalue weighted by molar-refractivity contribution is 7.90. The lowest BCUT2D eigenvalue weighted by Crippen LogP contribution is -2.44. The molecule has 0 aromatic heterocycles. The molecule has 8 heteroatoms. The van der Waals surface area contributed by atoms with E-state index in [2.05, 4.69) is 9.46 Å².